The Labute approximate surface area is 96.4 Å². The van der Waals surface area contributed by atoms with Gasteiger partial charge in [-0.3, -0.25) is 9.74 Å². The zero-order valence-corrected chi connectivity index (χ0v) is 9.13. The van der Waals surface area contributed by atoms with Crippen LogP contribution in [0.3, 0.4) is 0 Å². The highest BCUT2D eigenvalue weighted by atomic mass is 19.3. The van der Waals surface area contributed by atoms with E-state index in [0.717, 1.165) is 6.07 Å². The van der Waals surface area contributed by atoms with Gasteiger partial charge in [0.1, 0.15) is 11.6 Å². The molecule has 0 saturated carbocycles. The Balaban J connectivity index is 2.41. The highest BCUT2D eigenvalue weighted by Crippen LogP contribution is 2.36. The SMILES string of the molecule is COc1cc(F)c(C2CNC(=O)C2)c(OF)c1. The highest BCUT2D eigenvalue weighted by Gasteiger charge is 2.29. The van der Waals surface area contributed by atoms with E-state index >= 15 is 0 Å². The topological polar surface area (TPSA) is 47.6 Å². The summed E-state index contributed by atoms with van der Waals surface area (Å²) >= 11 is 0. The maximum Gasteiger partial charge on any atom is 0.220 e. The molecule has 1 unspecified atom stereocenters. The molecule has 0 bridgehead atoms. The summed E-state index contributed by atoms with van der Waals surface area (Å²) < 4.78 is 31.0. The van der Waals surface area contributed by atoms with Crippen molar-refractivity contribution in [3.8, 4) is 11.5 Å². The molecule has 1 N–H and O–H groups in total. The molecule has 0 spiro atoms. The van der Waals surface area contributed by atoms with E-state index in [4.69, 9.17) is 4.74 Å². The number of nitrogens with one attached hydrogen (secondary N) is 1. The summed E-state index contributed by atoms with van der Waals surface area (Å²) in [6.45, 7) is 0.276. The van der Waals surface area contributed by atoms with Gasteiger partial charge in [0.25, 0.3) is 0 Å². The minimum Gasteiger partial charge on any atom is -0.497 e. The normalized spacial score (nSPS) is 19.0. The second kappa shape index (κ2) is 4.57. The Morgan fingerprint density at radius 3 is 2.76 bits per heavy atom. The molecule has 1 saturated heterocycles. The molecule has 6 heteroatoms. The Morgan fingerprint density at radius 1 is 1.47 bits per heavy atom. The van der Waals surface area contributed by atoms with Crippen molar-refractivity contribution in [1.82, 2.24) is 5.32 Å². The number of amides is 1. The van der Waals surface area contributed by atoms with Crippen molar-refractivity contribution in [2.45, 2.75) is 12.3 Å². The van der Waals surface area contributed by atoms with Crippen LogP contribution in [0.2, 0.25) is 0 Å². The fraction of sp³-hybridized carbons (Fsp3) is 0.364. The fourth-order valence-electron chi connectivity index (χ4n) is 1.96. The largest absolute Gasteiger partial charge is 0.497 e. The van der Waals surface area contributed by atoms with E-state index in [1.54, 1.807) is 0 Å². The third-order valence-electron chi connectivity index (χ3n) is 2.77. The summed E-state index contributed by atoms with van der Waals surface area (Å²) in [6, 6.07) is 2.39. The van der Waals surface area contributed by atoms with Crippen molar-refractivity contribution in [1.29, 1.82) is 0 Å². The van der Waals surface area contributed by atoms with E-state index in [2.05, 4.69) is 10.3 Å². The molecular weight excluding hydrogens is 232 g/mol. The molecular formula is C11H11F2NO3. The molecule has 1 amide bonds. The monoisotopic (exact) mass is 243 g/mol. The van der Waals surface area contributed by atoms with E-state index in [1.807, 2.05) is 0 Å². The third kappa shape index (κ3) is 2.15. The van der Waals surface area contributed by atoms with Gasteiger partial charge in [-0.1, -0.05) is 0 Å². The van der Waals surface area contributed by atoms with Crippen LogP contribution < -0.4 is 15.0 Å². The number of hydrogen-bond donors (Lipinski definition) is 1. The van der Waals surface area contributed by atoms with Crippen LogP contribution in [0.5, 0.6) is 11.5 Å². The minimum absolute atomic E-state index is 0.0617. The molecule has 0 radical (unpaired) electrons. The number of benzene rings is 1. The van der Waals surface area contributed by atoms with Crippen molar-refractivity contribution in [3.05, 3.63) is 23.5 Å². The highest BCUT2D eigenvalue weighted by molar-refractivity contribution is 5.79. The molecule has 1 heterocycles. The van der Waals surface area contributed by atoms with E-state index in [-0.39, 0.29) is 35.9 Å². The van der Waals surface area contributed by atoms with Gasteiger partial charge >= 0.3 is 0 Å². The first-order valence-corrected chi connectivity index (χ1v) is 5.08. The number of hydrogen-bond acceptors (Lipinski definition) is 3. The first kappa shape index (κ1) is 11.6. The van der Waals surface area contributed by atoms with Crippen molar-refractivity contribution in [2.75, 3.05) is 13.7 Å². The Bertz CT molecular complexity index is 451. The van der Waals surface area contributed by atoms with Crippen LogP contribution in [0, 0.1) is 5.82 Å². The molecule has 0 aliphatic carbocycles. The average molecular weight is 243 g/mol. The molecule has 92 valence electrons. The van der Waals surface area contributed by atoms with E-state index in [9.17, 15) is 13.7 Å². The predicted molar refractivity (Wildman–Crippen MR) is 55.1 cm³/mol. The lowest BCUT2D eigenvalue weighted by Crippen LogP contribution is -2.14. The van der Waals surface area contributed by atoms with Gasteiger partial charge in [-0.25, -0.2) is 4.39 Å². The van der Waals surface area contributed by atoms with Crippen LogP contribution in [0.15, 0.2) is 12.1 Å². The Morgan fingerprint density at radius 2 is 2.24 bits per heavy atom. The van der Waals surface area contributed by atoms with Gasteiger partial charge in [0.05, 0.1) is 7.11 Å². The van der Waals surface area contributed by atoms with Gasteiger partial charge in [-0.2, -0.15) is 0 Å². The second-order valence-corrected chi connectivity index (χ2v) is 3.80. The van der Waals surface area contributed by atoms with Crippen molar-refractivity contribution >= 4 is 5.91 Å². The molecule has 1 aromatic carbocycles. The summed E-state index contributed by atoms with van der Waals surface area (Å²) in [5.41, 5.74) is 0.0617. The second-order valence-electron chi connectivity index (χ2n) is 3.80. The van der Waals surface area contributed by atoms with E-state index in [0.29, 0.717) is 0 Å². The van der Waals surface area contributed by atoms with Crippen LogP contribution in [-0.2, 0) is 4.79 Å². The van der Waals surface area contributed by atoms with Gasteiger partial charge in [0.2, 0.25) is 5.91 Å². The zero-order valence-electron chi connectivity index (χ0n) is 9.13. The summed E-state index contributed by atoms with van der Waals surface area (Å²) in [5, 5.41) is 2.56. The number of methoxy groups -OCH3 is 1. The maximum absolute atomic E-state index is 13.8. The summed E-state index contributed by atoms with van der Waals surface area (Å²) in [6.07, 6.45) is 0.125. The lowest BCUT2D eigenvalue weighted by Gasteiger charge is -2.13. The van der Waals surface area contributed by atoms with Crippen LogP contribution in [-0.4, -0.2) is 19.6 Å². The third-order valence-corrected chi connectivity index (χ3v) is 2.77. The molecule has 1 fully saturated rings. The van der Waals surface area contributed by atoms with Crippen molar-refractivity contribution in [3.63, 3.8) is 0 Å². The number of rotatable bonds is 3. The quantitative estimate of drug-likeness (QED) is 0.879. The summed E-state index contributed by atoms with van der Waals surface area (Å²) in [7, 11) is 1.34. The van der Waals surface area contributed by atoms with Gasteiger partial charge in [-0.15, -0.1) is 0 Å². The van der Waals surface area contributed by atoms with Gasteiger partial charge in [0.15, 0.2) is 5.75 Å². The lowest BCUT2D eigenvalue weighted by molar-refractivity contribution is -0.119. The number of ether oxygens (including phenoxy) is 1. The smallest absolute Gasteiger partial charge is 0.220 e. The van der Waals surface area contributed by atoms with Gasteiger partial charge in [0, 0.05) is 41.1 Å². The Hall–Kier alpha value is -1.85. The molecule has 1 aliphatic rings. The first-order chi connectivity index (χ1) is 8.15. The minimum atomic E-state index is -0.640. The maximum atomic E-state index is 13.8. The molecule has 2 rings (SSSR count). The standard InChI is InChI=1S/C11H11F2NO3/c1-16-7-3-8(12)11(9(4-7)17-13)6-2-10(15)14-5-6/h3-4,6H,2,5H2,1H3,(H,14,15). The molecule has 1 aliphatic heterocycles. The summed E-state index contributed by atoms with van der Waals surface area (Å²) in [5.74, 6) is -1.33. The molecule has 0 aromatic heterocycles. The molecule has 1 aromatic rings. The van der Waals surface area contributed by atoms with Gasteiger partial charge in [-0.05, 0) is 0 Å². The van der Waals surface area contributed by atoms with E-state index in [1.165, 1.54) is 13.2 Å². The zero-order chi connectivity index (χ0) is 12.4. The number of carbonyl (C=O) groups is 1. The van der Waals surface area contributed by atoms with Crippen molar-refractivity contribution in [2.24, 2.45) is 0 Å². The first-order valence-electron chi connectivity index (χ1n) is 5.08. The van der Waals surface area contributed by atoms with Crippen LogP contribution in [0.1, 0.15) is 17.9 Å². The average Bonchev–Trinajstić information content (AvgIpc) is 2.74. The van der Waals surface area contributed by atoms with Crippen LogP contribution in [0.4, 0.5) is 8.92 Å². The van der Waals surface area contributed by atoms with Crippen LogP contribution in [0.25, 0.3) is 0 Å². The Kier molecular flexibility index (Phi) is 3.12. The number of halogens is 2. The lowest BCUT2D eigenvalue weighted by atomic mass is 9.96. The van der Waals surface area contributed by atoms with Crippen molar-refractivity contribution < 1.29 is 23.4 Å². The van der Waals surface area contributed by atoms with Crippen LogP contribution >= 0.6 is 0 Å². The number of carbonyl (C=O) groups excluding carboxylic acids is 1. The molecule has 4 nitrogen and oxygen atoms in total. The molecule has 17 heavy (non-hydrogen) atoms. The predicted octanol–water partition coefficient (Wildman–Crippen LogP) is 1.70. The van der Waals surface area contributed by atoms with Gasteiger partial charge < -0.3 is 10.1 Å². The molecule has 1 atom stereocenters. The fourth-order valence-corrected chi connectivity index (χ4v) is 1.96. The van der Waals surface area contributed by atoms with E-state index < -0.39 is 11.7 Å². The summed E-state index contributed by atoms with van der Waals surface area (Å²) in [4.78, 5) is 14.7.